The van der Waals surface area contributed by atoms with E-state index in [0.29, 0.717) is 24.1 Å². The summed E-state index contributed by atoms with van der Waals surface area (Å²) >= 11 is 0. The average Bonchev–Trinajstić information content (AvgIpc) is 2.74. The van der Waals surface area contributed by atoms with Gasteiger partial charge in [0.05, 0.1) is 11.4 Å². The highest BCUT2D eigenvalue weighted by Crippen LogP contribution is 2.35. The second kappa shape index (κ2) is 10.9. The van der Waals surface area contributed by atoms with E-state index in [9.17, 15) is 0 Å². The Bertz CT molecular complexity index is 855. The highest BCUT2D eigenvalue weighted by Gasteiger charge is 2.30. The highest BCUT2D eigenvalue weighted by atomic mass is 16.5. The molecule has 2 saturated carbocycles. The van der Waals surface area contributed by atoms with Crippen LogP contribution in [0.1, 0.15) is 72.1 Å². The second-order valence-electron chi connectivity index (χ2n) is 9.66. The quantitative estimate of drug-likeness (QED) is 0.470. The lowest BCUT2D eigenvalue weighted by atomic mass is 9.82. The molecule has 4 rings (SSSR count). The second-order valence-corrected chi connectivity index (χ2v) is 9.66. The molecule has 3 atom stereocenters. The minimum Gasteiger partial charge on any atom is -0.473 e. The molecule has 2 aliphatic carbocycles. The van der Waals surface area contributed by atoms with E-state index < -0.39 is 0 Å². The predicted molar refractivity (Wildman–Crippen MR) is 130 cm³/mol. The van der Waals surface area contributed by atoms with E-state index in [1.54, 1.807) is 0 Å². The van der Waals surface area contributed by atoms with Gasteiger partial charge in [0.15, 0.2) is 0 Å². The Morgan fingerprint density at radius 1 is 0.844 bits per heavy atom. The fourth-order valence-corrected chi connectivity index (χ4v) is 4.67. The van der Waals surface area contributed by atoms with Gasteiger partial charge in [0.1, 0.15) is 12.2 Å². The van der Waals surface area contributed by atoms with Crippen LogP contribution < -0.4 is 20.1 Å². The van der Waals surface area contributed by atoms with E-state index in [2.05, 4.69) is 53.5 Å². The summed E-state index contributed by atoms with van der Waals surface area (Å²) in [6, 6.07) is 8.69. The van der Waals surface area contributed by atoms with Crippen LogP contribution in [0.3, 0.4) is 0 Å². The van der Waals surface area contributed by atoms with E-state index in [-0.39, 0.29) is 6.10 Å². The van der Waals surface area contributed by atoms with Crippen molar-refractivity contribution in [1.82, 2.24) is 9.97 Å². The van der Waals surface area contributed by atoms with Crippen molar-refractivity contribution >= 4 is 11.4 Å². The third-order valence-corrected chi connectivity index (χ3v) is 6.48. The van der Waals surface area contributed by atoms with Crippen LogP contribution in [0, 0.1) is 5.92 Å². The maximum atomic E-state index is 6.51. The van der Waals surface area contributed by atoms with Crippen LogP contribution in [-0.4, -0.2) is 34.3 Å². The molecule has 0 aliphatic heterocycles. The summed E-state index contributed by atoms with van der Waals surface area (Å²) in [7, 11) is 0. The molecule has 2 aromatic heterocycles. The van der Waals surface area contributed by atoms with Crippen molar-refractivity contribution in [2.24, 2.45) is 5.92 Å². The molecule has 0 spiro atoms. The first kappa shape index (κ1) is 22.7. The fraction of sp³-hybridized carbons (Fsp3) is 0.615. The van der Waals surface area contributed by atoms with Crippen LogP contribution in [0.5, 0.6) is 11.8 Å². The standard InChI is InChI=1S/C26H38N4O2/c1-18(2)29-22-12-7-16-28-26(22)32-24-14-5-4-9-20(24)17-19(3)30-23-13-8-15-27-25(23)31-21-10-6-11-21/h7-8,12-13,15-16,18-21,24,29-30H,4-6,9-11,14,17H2,1-3H3. The predicted octanol–water partition coefficient (Wildman–Crippen LogP) is 6.06. The van der Waals surface area contributed by atoms with Crippen LogP contribution in [0.15, 0.2) is 36.7 Å². The Hall–Kier alpha value is -2.50. The first-order valence-corrected chi connectivity index (χ1v) is 12.3. The lowest BCUT2D eigenvalue weighted by Gasteiger charge is -2.34. The number of hydrogen-bond acceptors (Lipinski definition) is 6. The number of nitrogens with one attached hydrogen (secondary N) is 2. The summed E-state index contributed by atoms with van der Waals surface area (Å²) < 4.78 is 12.6. The van der Waals surface area contributed by atoms with Crippen LogP contribution in [0.25, 0.3) is 0 Å². The summed E-state index contributed by atoms with van der Waals surface area (Å²) in [5, 5.41) is 7.12. The Labute approximate surface area is 192 Å². The molecule has 6 nitrogen and oxygen atoms in total. The summed E-state index contributed by atoms with van der Waals surface area (Å²) in [5.41, 5.74) is 1.97. The van der Waals surface area contributed by atoms with Gasteiger partial charge < -0.3 is 20.1 Å². The van der Waals surface area contributed by atoms with Gasteiger partial charge in [0.25, 0.3) is 0 Å². The van der Waals surface area contributed by atoms with Gasteiger partial charge in [0, 0.05) is 24.5 Å². The molecular formula is C26H38N4O2. The lowest BCUT2D eigenvalue weighted by Crippen LogP contribution is -2.34. The van der Waals surface area contributed by atoms with Crippen LogP contribution in [0.2, 0.25) is 0 Å². The van der Waals surface area contributed by atoms with Crippen molar-refractivity contribution in [1.29, 1.82) is 0 Å². The number of anilines is 2. The normalized spacial score (nSPS) is 22.1. The van der Waals surface area contributed by atoms with Crippen molar-refractivity contribution in [2.45, 2.75) is 96.4 Å². The number of pyridine rings is 2. The number of hydrogen-bond donors (Lipinski definition) is 2. The largest absolute Gasteiger partial charge is 0.473 e. The molecule has 0 amide bonds. The van der Waals surface area contributed by atoms with Crippen molar-refractivity contribution in [3.63, 3.8) is 0 Å². The third kappa shape index (κ3) is 6.05. The SMILES string of the molecule is CC(C)Nc1cccnc1OC1CCCCC1CC(C)Nc1cccnc1OC1CCC1. The van der Waals surface area contributed by atoms with Crippen molar-refractivity contribution in [3.8, 4) is 11.8 Å². The smallest absolute Gasteiger partial charge is 0.237 e. The zero-order chi connectivity index (χ0) is 22.3. The van der Waals surface area contributed by atoms with Gasteiger partial charge in [-0.1, -0.05) is 6.42 Å². The highest BCUT2D eigenvalue weighted by molar-refractivity contribution is 5.53. The molecule has 32 heavy (non-hydrogen) atoms. The van der Waals surface area contributed by atoms with E-state index in [1.165, 1.54) is 25.7 Å². The van der Waals surface area contributed by atoms with Gasteiger partial charge >= 0.3 is 0 Å². The number of ether oxygens (including phenoxy) is 2. The summed E-state index contributed by atoms with van der Waals surface area (Å²) in [6.07, 6.45) is 13.4. The van der Waals surface area contributed by atoms with Gasteiger partial charge in [-0.2, -0.15) is 0 Å². The Kier molecular flexibility index (Phi) is 7.72. The average molecular weight is 439 g/mol. The molecule has 3 unspecified atom stereocenters. The molecule has 2 fully saturated rings. The lowest BCUT2D eigenvalue weighted by molar-refractivity contribution is 0.0816. The maximum Gasteiger partial charge on any atom is 0.237 e. The van der Waals surface area contributed by atoms with Crippen LogP contribution in [0.4, 0.5) is 11.4 Å². The number of nitrogens with zero attached hydrogens (tertiary/aromatic N) is 2. The van der Waals surface area contributed by atoms with Gasteiger partial charge in [-0.3, -0.25) is 0 Å². The Balaban J connectivity index is 1.38. The minimum absolute atomic E-state index is 0.190. The Morgan fingerprint density at radius 2 is 1.50 bits per heavy atom. The van der Waals surface area contributed by atoms with Gasteiger partial charge in [0.2, 0.25) is 11.8 Å². The first-order valence-electron chi connectivity index (χ1n) is 12.3. The van der Waals surface area contributed by atoms with E-state index in [4.69, 9.17) is 9.47 Å². The molecule has 2 N–H and O–H groups in total. The molecule has 2 aromatic rings. The molecule has 6 heteroatoms. The van der Waals surface area contributed by atoms with Crippen LogP contribution >= 0.6 is 0 Å². The van der Waals surface area contributed by atoms with E-state index in [1.807, 2.05) is 24.5 Å². The molecule has 2 aliphatic rings. The molecule has 0 saturated heterocycles. The van der Waals surface area contributed by atoms with Crippen molar-refractivity contribution in [3.05, 3.63) is 36.7 Å². The van der Waals surface area contributed by atoms with Crippen molar-refractivity contribution < 1.29 is 9.47 Å². The topological polar surface area (TPSA) is 68.3 Å². The molecule has 0 radical (unpaired) electrons. The van der Waals surface area contributed by atoms with Gasteiger partial charge in [-0.15, -0.1) is 0 Å². The van der Waals surface area contributed by atoms with Gasteiger partial charge in [-0.05, 0) is 95.9 Å². The number of rotatable bonds is 10. The molecular weight excluding hydrogens is 400 g/mol. The first-order chi connectivity index (χ1) is 15.6. The molecule has 0 bridgehead atoms. The van der Waals surface area contributed by atoms with Crippen molar-refractivity contribution in [2.75, 3.05) is 10.6 Å². The van der Waals surface area contributed by atoms with Crippen LogP contribution in [-0.2, 0) is 0 Å². The maximum absolute atomic E-state index is 6.51. The molecule has 2 heterocycles. The summed E-state index contributed by atoms with van der Waals surface area (Å²) in [5.74, 6) is 1.95. The zero-order valence-corrected chi connectivity index (χ0v) is 19.7. The fourth-order valence-electron chi connectivity index (χ4n) is 4.67. The van der Waals surface area contributed by atoms with Gasteiger partial charge in [-0.25, -0.2) is 9.97 Å². The Morgan fingerprint density at radius 3 is 2.16 bits per heavy atom. The van der Waals surface area contributed by atoms with E-state index in [0.717, 1.165) is 48.8 Å². The summed E-state index contributed by atoms with van der Waals surface area (Å²) in [6.45, 7) is 6.52. The summed E-state index contributed by atoms with van der Waals surface area (Å²) in [4.78, 5) is 9.01. The molecule has 174 valence electrons. The third-order valence-electron chi connectivity index (χ3n) is 6.48. The zero-order valence-electron chi connectivity index (χ0n) is 19.7. The number of aromatic nitrogens is 2. The molecule has 0 aromatic carbocycles. The monoisotopic (exact) mass is 438 g/mol. The van der Waals surface area contributed by atoms with E-state index >= 15 is 0 Å². The minimum atomic E-state index is 0.190.